The van der Waals surface area contributed by atoms with E-state index in [1.165, 1.54) is 16.0 Å². The fraction of sp³-hybridized carbons (Fsp3) is 0.0952. The van der Waals surface area contributed by atoms with E-state index in [0.29, 0.717) is 0 Å². The van der Waals surface area contributed by atoms with E-state index in [1.807, 2.05) is 24.3 Å². The fourth-order valence-corrected chi connectivity index (χ4v) is 3.83. The molecule has 0 unspecified atom stereocenters. The summed E-state index contributed by atoms with van der Waals surface area (Å²) in [5.74, 6) is 1.91. The number of aromatic nitrogens is 2. The van der Waals surface area contributed by atoms with Crippen molar-refractivity contribution in [3.8, 4) is 0 Å². The molecule has 0 saturated carbocycles. The SMILES string of the molecule is Clc1ccc(SCc2nc3ccccc3n2Cc2ccccc2)cc1. The Labute approximate surface area is 156 Å². The maximum atomic E-state index is 5.97. The summed E-state index contributed by atoms with van der Waals surface area (Å²) in [7, 11) is 0. The van der Waals surface area contributed by atoms with Crippen LogP contribution in [0.25, 0.3) is 11.0 Å². The van der Waals surface area contributed by atoms with Crippen molar-refractivity contribution in [3.63, 3.8) is 0 Å². The van der Waals surface area contributed by atoms with Crippen LogP contribution >= 0.6 is 23.4 Å². The standard InChI is InChI=1S/C21H17ClN2S/c22-17-10-12-18(13-11-17)25-15-21-23-19-8-4-5-9-20(19)24(21)14-16-6-2-1-3-7-16/h1-13H,14-15H2. The number of nitrogens with zero attached hydrogens (tertiary/aromatic N) is 2. The van der Waals surface area contributed by atoms with E-state index < -0.39 is 0 Å². The van der Waals surface area contributed by atoms with E-state index in [9.17, 15) is 0 Å². The number of benzene rings is 3. The third-order valence-corrected chi connectivity index (χ3v) is 5.36. The lowest BCUT2D eigenvalue weighted by atomic mass is 10.2. The van der Waals surface area contributed by atoms with Gasteiger partial charge in [-0.15, -0.1) is 11.8 Å². The van der Waals surface area contributed by atoms with Crippen LogP contribution in [0.5, 0.6) is 0 Å². The quantitative estimate of drug-likeness (QED) is 0.402. The van der Waals surface area contributed by atoms with Gasteiger partial charge in [0.15, 0.2) is 0 Å². The third kappa shape index (κ3) is 3.73. The van der Waals surface area contributed by atoms with Crippen LogP contribution in [0.1, 0.15) is 11.4 Å². The lowest BCUT2D eigenvalue weighted by Gasteiger charge is -2.09. The molecule has 1 aromatic heterocycles. The molecule has 1 heterocycles. The topological polar surface area (TPSA) is 17.8 Å². The largest absolute Gasteiger partial charge is 0.323 e. The minimum absolute atomic E-state index is 0.765. The van der Waals surface area contributed by atoms with Crippen molar-refractivity contribution in [2.45, 2.75) is 17.2 Å². The van der Waals surface area contributed by atoms with Gasteiger partial charge in [0.2, 0.25) is 0 Å². The van der Waals surface area contributed by atoms with Crippen molar-refractivity contribution >= 4 is 34.4 Å². The normalized spacial score (nSPS) is 11.1. The van der Waals surface area contributed by atoms with Crippen LogP contribution in [0.2, 0.25) is 5.02 Å². The zero-order valence-corrected chi connectivity index (χ0v) is 15.2. The average molecular weight is 365 g/mol. The lowest BCUT2D eigenvalue weighted by molar-refractivity contribution is 0.780. The van der Waals surface area contributed by atoms with Gasteiger partial charge in [0.05, 0.1) is 16.8 Å². The van der Waals surface area contributed by atoms with Gasteiger partial charge in [-0.1, -0.05) is 54.1 Å². The summed E-state index contributed by atoms with van der Waals surface area (Å²) in [6, 6.07) is 26.8. The first-order chi connectivity index (χ1) is 12.3. The van der Waals surface area contributed by atoms with Gasteiger partial charge in [0.1, 0.15) is 5.82 Å². The first-order valence-electron chi connectivity index (χ1n) is 8.16. The summed E-state index contributed by atoms with van der Waals surface area (Å²) in [4.78, 5) is 6.05. The molecule has 4 aromatic rings. The zero-order chi connectivity index (χ0) is 17.1. The Morgan fingerprint density at radius 3 is 2.36 bits per heavy atom. The molecular formula is C21H17ClN2S. The second kappa shape index (κ2) is 7.34. The number of hydrogen-bond acceptors (Lipinski definition) is 2. The van der Waals surface area contributed by atoms with Crippen molar-refractivity contribution in [1.29, 1.82) is 0 Å². The van der Waals surface area contributed by atoms with E-state index in [4.69, 9.17) is 16.6 Å². The molecule has 0 saturated heterocycles. The maximum absolute atomic E-state index is 5.97. The Balaban J connectivity index is 1.65. The molecular weight excluding hydrogens is 348 g/mol. The van der Waals surface area contributed by atoms with E-state index in [-0.39, 0.29) is 0 Å². The molecule has 0 bridgehead atoms. The van der Waals surface area contributed by atoms with Crippen LogP contribution in [0, 0.1) is 0 Å². The second-order valence-corrected chi connectivity index (χ2v) is 7.32. The Morgan fingerprint density at radius 1 is 0.840 bits per heavy atom. The van der Waals surface area contributed by atoms with Gasteiger partial charge in [-0.05, 0) is 42.0 Å². The smallest absolute Gasteiger partial charge is 0.120 e. The maximum Gasteiger partial charge on any atom is 0.120 e. The predicted octanol–water partition coefficient (Wildman–Crippen LogP) is 6.03. The summed E-state index contributed by atoms with van der Waals surface area (Å²) >= 11 is 7.75. The van der Waals surface area contributed by atoms with Crippen LogP contribution in [0.3, 0.4) is 0 Å². The summed E-state index contributed by atoms with van der Waals surface area (Å²) in [5, 5.41) is 0.765. The number of halogens is 1. The molecule has 3 aromatic carbocycles. The summed E-state index contributed by atoms with van der Waals surface area (Å²) in [6.45, 7) is 0.831. The van der Waals surface area contributed by atoms with Gasteiger partial charge < -0.3 is 4.57 Å². The van der Waals surface area contributed by atoms with Gasteiger partial charge in [0.25, 0.3) is 0 Å². The van der Waals surface area contributed by atoms with Crippen LogP contribution < -0.4 is 0 Å². The van der Waals surface area contributed by atoms with Gasteiger partial charge in [-0.3, -0.25) is 0 Å². The summed E-state index contributed by atoms with van der Waals surface area (Å²) in [5.41, 5.74) is 3.51. The van der Waals surface area contributed by atoms with Crippen LogP contribution in [-0.4, -0.2) is 9.55 Å². The van der Waals surface area contributed by atoms with Crippen molar-refractivity contribution in [3.05, 3.63) is 95.3 Å². The molecule has 0 aliphatic heterocycles. The Morgan fingerprint density at radius 2 is 1.56 bits per heavy atom. The number of rotatable bonds is 5. The molecule has 0 fully saturated rings. The highest BCUT2D eigenvalue weighted by atomic mass is 35.5. The molecule has 4 rings (SSSR count). The van der Waals surface area contributed by atoms with Gasteiger partial charge >= 0.3 is 0 Å². The van der Waals surface area contributed by atoms with Gasteiger partial charge in [0, 0.05) is 16.5 Å². The van der Waals surface area contributed by atoms with Crippen molar-refractivity contribution in [1.82, 2.24) is 9.55 Å². The van der Waals surface area contributed by atoms with Crippen LogP contribution in [0.4, 0.5) is 0 Å². The molecule has 25 heavy (non-hydrogen) atoms. The zero-order valence-electron chi connectivity index (χ0n) is 13.6. The number of imidazole rings is 1. The Hall–Kier alpha value is -2.23. The summed E-state index contributed by atoms with van der Waals surface area (Å²) in [6.07, 6.45) is 0. The molecule has 4 heteroatoms. The first-order valence-corrected chi connectivity index (χ1v) is 9.52. The highest BCUT2D eigenvalue weighted by Gasteiger charge is 2.11. The first kappa shape index (κ1) is 16.2. The lowest BCUT2D eigenvalue weighted by Crippen LogP contribution is -2.04. The molecule has 0 spiro atoms. The number of para-hydroxylation sites is 2. The number of fused-ring (bicyclic) bond motifs is 1. The van der Waals surface area contributed by atoms with E-state index >= 15 is 0 Å². The molecule has 0 atom stereocenters. The van der Waals surface area contributed by atoms with Crippen LogP contribution in [-0.2, 0) is 12.3 Å². The van der Waals surface area contributed by atoms with Gasteiger partial charge in [-0.2, -0.15) is 0 Å². The van der Waals surface area contributed by atoms with Crippen molar-refractivity contribution < 1.29 is 0 Å². The highest BCUT2D eigenvalue weighted by molar-refractivity contribution is 7.98. The highest BCUT2D eigenvalue weighted by Crippen LogP contribution is 2.26. The van der Waals surface area contributed by atoms with Gasteiger partial charge in [-0.25, -0.2) is 4.98 Å². The Kier molecular flexibility index (Phi) is 4.77. The molecule has 0 aliphatic carbocycles. The monoisotopic (exact) mass is 364 g/mol. The molecule has 2 nitrogen and oxygen atoms in total. The van der Waals surface area contributed by atoms with Crippen molar-refractivity contribution in [2.24, 2.45) is 0 Å². The second-order valence-electron chi connectivity index (χ2n) is 5.83. The molecule has 0 N–H and O–H groups in total. The van der Waals surface area contributed by atoms with Crippen molar-refractivity contribution in [2.75, 3.05) is 0 Å². The minimum atomic E-state index is 0.765. The predicted molar refractivity (Wildman–Crippen MR) is 106 cm³/mol. The van der Waals surface area contributed by atoms with Crippen LogP contribution in [0.15, 0.2) is 83.8 Å². The molecule has 0 aliphatic rings. The van der Waals surface area contributed by atoms with E-state index in [1.54, 1.807) is 11.8 Å². The summed E-state index contributed by atoms with van der Waals surface area (Å²) < 4.78 is 2.31. The van der Waals surface area contributed by atoms with E-state index in [0.717, 1.165) is 28.7 Å². The fourth-order valence-electron chi connectivity index (χ4n) is 2.86. The number of thioether (sulfide) groups is 1. The Bertz CT molecular complexity index is 978. The minimum Gasteiger partial charge on any atom is -0.323 e. The van der Waals surface area contributed by atoms with E-state index in [2.05, 4.69) is 59.2 Å². The number of hydrogen-bond donors (Lipinski definition) is 0. The molecule has 0 radical (unpaired) electrons. The molecule has 124 valence electrons. The third-order valence-electron chi connectivity index (χ3n) is 4.10. The molecule has 0 amide bonds. The average Bonchev–Trinajstić information content (AvgIpc) is 3.00.